The molecule has 1 amide bonds. The van der Waals surface area contributed by atoms with Crippen LogP contribution in [-0.2, 0) is 4.79 Å². The molecule has 0 spiro atoms. The standard InChI is InChI=1S/C19H17BrClFN2O/c20-15-6-7-17(22)14(13-15)5-8-19(25)24-11-9-23(10-12-24)18-4-2-1-3-16(18)21/h1-8,13H,9-12H2/b8-5+. The van der Waals surface area contributed by atoms with Crippen LogP contribution in [-0.4, -0.2) is 37.0 Å². The summed E-state index contributed by atoms with van der Waals surface area (Å²) in [4.78, 5) is 16.3. The molecule has 0 bridgehead atoms. The van der Waals surface area contributed by atoms with Gasteiger partial charge >= 0.3 is 0 Å². The van der Waals surface area contributed by atoms with Crippen LogP contribution in [0.5, 0.6) is 0 Å². The molecule has 130 valence electrons. The minimum atomic E-state index is -0.351. The van der Waals surface area contributed by atoms with Gasteiger partial charge in [-0.3, -0.25) is 4.79 Å². The van der Waals surface area contributed by atoms with Gasteiger partial charge in [-0.05, 0) is 36.4 Å². The molecule has 3 rings (SSSR count). The summed E-state index contributed by atoms with van der Waals surface area (Å²) in [5, 5.41) is 0.715. The zero-order valence-electron chi connectivity index (χ0n) is 13.5. The largest absolute Gasteiger partial charge is 0.367 e. The smallest absolute Gasteiger partial charge is 0.246 e. The first-order valence-corrected chi connectivity index (χ1v) is 9.13. The second-order valence-electron chi connectivity index (χ2n) is 5.76. The monoisotopic (exact) mass is 422 g/mol. The zero-order valence-corrected chi connectivity index (χ0v) is 15.8. The van der Waals surface area contributed by atoms with E-state index in [4.69, 9.17) is 11.6 Å². The van der Waals surface area contributed by atoms with Crippen molar-refractivity contribution in [1.82, 2.24) is 4.90 Å². The first kappa shape index (κ1) is 18.0. The van der Waals surface area contributed by atoms with E-state index in [2.05, 4.69) is 20.8 Å². The molecule has 1 fully saturated rings. The van der Waals surface area contributed by atoms with Gasteiger partial charge in [-0.2, -0.15) is 0 Å². The molecule has 2 aromatic rings. The van der Waals surface area contributed by atoms with Crippen molar-refractivity contribution in [3.8, 4) is 0 Å². The molecule has 1 aliphatic heterocycles. The molecule has 0 radical (unpaired) electrons. The van der Waals surface area contributed by atoms with Crippen LogP contribution in [0, 0.1) is 5.82 Å². The molecule has 0 atom stereocenters. The average molecular weight is 424 g/mol. The van der Waals surface area contributed by atoms with Crippen molar-refractivity contribution in [2.45, 2.75) is 0 Å². The maximum absolute atomic E-state index is 13.7. The van der Waals surface area contributed by atoms with E-state index in [-0.39, 0.29) is 11.7 Å². The third kappa shape index (κ3) is 4.41. The highest BCUT2D eigenvalue weighted by Crippen LogP contribution is 2.26. The van der Waals surface area contributed by atoms with E-state index >= 15 is 0 Å². The number of hydrogen-bond donors (Lipinski definition) is 0. The van der Waals surface area contributed by atoms with Gasteiger partial charge in [-0.1, -0.05) is 39.7 Å². The Morgan fingerprint density at radius 2 is 1.84 bits per heavy atom. The summed E-state index contributed by atoms with van der Waals surface area (Å²) in [7, 11) is 0. The fourth-order valence-electron chi connectivity index (χ4n) is 2.78. The second-order valence-corrected chi connectivity index (χ2v) is 7.09. The molecule has 0 saturated carbocycles. The summed E-state index contributed by atoms with van der Waals surface area (Å²) in [5.41, 5.74) is 1.38. The topological polar surface area (TPSA) is 23.6 Å². The normalized spacial score (nSPS) is 15.0. The Morgan fingerprint density at radius 3 is 2.56 bits per heavy atom. The minimum absolute atomic E-state index is 0.113. The van der Waals surface area contributed by atoms with Crippen molar-refractivity contribution in [2.24, 2.45) is 0 Å². The van der Waals surface area contributed by atoms with E-state index in [1.54, 1.807) is 17.0 Å². The third-order valence-electron chi connectivity index (χ3n) is 4.15. The highest BCUT2D eigenvalue weighted by atomic mass is 79.9. The molecule has 0 aliphatic carbocycles. The van der Waals surface area contributed by atoms with E-state index in [1.807, 2.05) is 24.3 Å². The predicted molar refractivity (Wildman–Crippen MR) is 103 cm³/mol. The van der Waals surface area contributed by atoms with Gasteiger partial charge in [0.25, 0.3) is 0 Å². The van der Waals surface area contributed by atoms with E-state index in [9.17, 15) is 9.18 Å². The van der Waals surface area contributed by atoms with Crippen LogP contribution in [0.4, 0.5) is 10.1 Å². The van der Waals surface area contributed by atoms with Gasteiger partial charge in [0.15, 0.2) is 0 Å². The number of halogens is 3. The van der Waals surface area contributed by atoms with Crippen molar-refractivity contribution in [3.05, 3.63) is 69.4 Å². The van der Waals surface area contributed by atoms with Gasteiger partial charge in [0.1, 0.15) is 5.82 Å². The van der Waals surface area contributed by atoms with Crippen LogP contribution in [0.1, 0.15) is 5.56 Å². The van der Waals surface area contributed by atoms with Crippen molar-refractivity contribution in [1.29, 1.82) is 0 Å². The van der Waals surface area contributed by atoms with Crippen LogP contribution >= 0.6 is 27.5 Å². The molecule has 1 heterocycles. The second kappa shape index (κ2) is 8.02. The fraction of sp³-hybridized carbons (Fsp3) is 0.211. The summed E-state index contributed by atoms with van der Waals surface area (Å²) in [6, 6.07) is 12.3. The zero-order chi connectivity index (χ0) is 17.8. The lowest BCUT2D eigenvalue weighted by molar-refractivity contribution is -0.126. The predicted octanol–water partition coefficient (Wildman–Crippen LogP) is 4.60. The number of amides is 1. The number of hydrogen-bond acceptors (Lipinski definition) is 2. The van der Waals surface area contributed by atoms with Crippen LogP contribution in [0.2, 0.25) is 5.02 Å². The highest BCUT2D eigenvalue weighted by molar-refractivity contribution is 9.10. The molecule has 6 heteroatoms. The number of anilines is 1. The number of carbonyl (C=O) groups excluding carboxylic acids is 1. The number of nitrogens with zero attached hydrogens (tertiary/aromatic N) is 2. The Labute approximate surface area is 159 Å². The molecular formula is C19H17BrClFN2O. The maximum Gasteiger partial charge on any atom is 0.246 e. The molecule has 25 heavy (non-hydrogen) atoms. The number of carbonyl (C=O) groups is 1. The van der Waals surface area contributed by atoms with Gasteiger partial charge in [0.05, 0.1) is 10.7 Å². The van der Waals surface area contributed by atoms with Crippen molar-refractivity contribution in [2.75, 3.05) is 31.1 Å². The summed E-state index contributed by atoms with van der Waals surface area (Å²) >= 11 is 9.53. The number of para-hydroxylation sites is 1. The lowest BCUT2D eigenvalue weighted by Crippen LogP contribution is -2.48. The molecule has 0 N–H and O–H groups in total. The minimum Gasteiger partial charge on any atom is -0.367 e. The summed E-state index contributed by atoms with van der Waals surface area (Å²) < 4.78 is 14.5. The first-order valence-electron chi connectivity index (χ1n) is 7.96. The van der Waals surface area contributed by atoms with Crippen molar-refractivity contribution in [3.63, 3.8) is 0 Å². The van der Waals surface area contributed by atoms with Gasteiger partial charge in [0, 0.05) is 42.3 Å². The molecular weight excluding hydrogens is 407 g/mol. The molecule has 3 nitrogen and oxygen atoms in total. The molecule has 0 aromatic heterocycles. The number of benzene rings is 2. The maximum atomic E-state index is 13.7. The average Bonchev–Trinajstić information content (AvgIpc) is 2.63. The van der Waals surface area contributed by atoms with Crippen LogP contribution < -0.4 is 4.90 Å². The molecule has 1 aliphatic rings. The Balaban J connectivity index is 1.61. The van der Waals surface area contributed by atoms with Gasteiger partial charge in [-0.15, -0.1) is 0 Å². The number of piperazine rings is 1. The SMILES string of the molecule is O=C(/C=C/c1cc(Br)ccc1F)N1CCN(c2ccccc2Cl)CC1. The van der Waals surface area contributed by atoms with Crippen molar-refractivity contribution < 1.29 is 9.18 Å². The van der Waals surface area contributed by atoms with Crippen LogP contribution in [0.3, 0.4) is 0 Å². The van der Waals surface area contributed by atoms with E-state index in [0.717, 1.165) is 10.2 Å². The van der Waals surface area contributed by atoms with Crippen LogP contribution in [0.25, 0.3) is 6.08 Å². The quantitative estimate of drug-likeness (QED) is 0.674. The van der Waals surface area contributed by atoms with Gasteiger partial charge in [0.2, 0.25) is 5.91 Å². The van der Waals surface area contributed by atoms with Crippen molar-refractivity contribution >= 4 is 45.2 Å². The Morgan fingerprint density at radius 1 is 1.12 bits per heavy atom. The first-order chi connectivity index (χ1) is 12.0. The summed E-state index contributed by atoms with van der Waals surface area (Å²) in [6.45, 7) is 2.65. The summed E-state index contributed by atoms with van der Waals surface area (Å²) in [5.74, 6) is -0.464. The van der Waals surface area contributed by atoms with E-state index in [1.165, 1.54) is 18.2 Å². The lowest BCUT2D eigenvalue weighted by Gasteiger charge is -2.36. The van der Waals surface area contributed by atoms with Gasteiger partial charge < -0.3 is 9.80 Å². The molecule has 2 aromatic carbocycles. The van der Waals surface area contributed by atoms with Crippen LogP contribution in [0.15, 0.2) is 53.0 Å². The van der Waals surface area contributed by atoms with E-state index in [0.29, 0.717) is 36.8 Å². The summed E-state index contributed by atoms with van der Waals surface area (Å²) in [6.07, 6.45) is 2.94. The fourth-order valence-corrected chi connectivity index (χ4v) is 3.42. The Kier molecular flexibility index (Phi) is 5.76. The third-order valence-corrected chi connectivity index (χ3v) is 4.96. The van der Waals surface area contributed by atoms with Gasteiger partial charge in [-0.25, -0.2) is 4.39 Å². The Hall–Kier alpha value is -1.85. The Bertz CT molecular complexity index is 804. The van der Waals surface area contributed by atoms with E-state index < -0.39 is 0 Å². The lowest BCUT2D eigenvalue weighted by atomic mass is 10.2. The molecule has 0 unspecified atom stereocenters. The molecule has 1 saturated heterocycles. The highest BCUT2D eigenvalue weighted by Gasteiger charge is 2.21. The number of rotatable bonds is 3.